The number of aryl methyl sites for hydroxylation is 1. The van der Waals surface area contributed by atoms with Crippen molar-refractivity contribution in [2.75, 3.05) is 13.1 Å². The summed E-state index contributed by atoms with van der Waals surface area (Å²) in [6.45, 7) is 4.75. The highest BCUT2D eigenvalue weighted by atomic mass is 32.1. The van der Waals surface area contributed by atoms with E-state index in [9.17, 15) is 14.7 Å². The average Bonchev–Trinajstić information content (AvgIpc) is 3.10. The summed E-state index contributed by atoms with van der Waals surface area (Å²) in [6, 6.07) is -0.345. The van der Waals surface area contributed by atoms with E-state index in [4.69, 9.17) is 0 Å². The van der Waals surface area contributed by atoms with Crippen molar-refractivity contribution in [3.63, 3.8) is 0 Å². The van der Waals surface area contributed by atoms with Crippen LogP contribution in [0.2, 0.25) is 0 Å². The van der Waals surface area contributed by atoms with E-state index in [1.54, 1.807) is 22.4 Å². The van der Waals surface area contributed by atoms with Crippen LogP contribution in [0.1, 0.15) is 42.1 Å². The molecule has 0 bridgehead atoms. The van der Waals surface area contributed by atoms with Crippen molar-refractivity contribution in [1.29, 1.82) is 0 Å². The molecule has 2 fully saturated rings. The maximum Gasteiger partial charge on any atom is 0.317 e. The Balaban J connectivity index is 1.66. The highest BCUT2D eigenvalue weighted by molar-refractivity contribution is 7.11. The number of carboxylic acid groups (broad SMARTS) is 1. The molecule has 2 aliphatic rings. The smallest absolute Gasteiger partial charge is 0.317 e. The molecule has 0 aromatic carbocycles. The van der Waals surface area contributed by atoms with Crippen LogP contribution < -0.4 is 5.32 Å². The lowest BCUT2D eigenvalue weighted by atomic mass is 9.81. The third-order valence-corrected chi connectivity index (χ3v) is 6.03. The number of carbonyl (C=O) groups is 2. The number of urea groups is 1. The molecule has 3 rings (SSSR count). The summed E-state index contributed by atoms with van der Waals surface area (Å²) in [7, 11) is 0. The van der Waals surface area contributed by atoms with Crippen LogP contribution in [0.4, 0.5) is 4.79 Å². The van der Waals surface area contributed by atoms with Crippen molar-refractivity contribution in [3.8, 4) is 0 Å². The third-order valence-electron chi connectivity index (χ3n) is 4.93. The fourth-order valence-electron chi connectivity index (χ4n) is 3.70. The summed E-state index contributed by atoms with van der Waals surface area (Å²) >= 11 is 1.56. The zero-order valence-corrected chi connectivity index (χ0v) is 13.7. The molecule has 1 aromatic rings. The molecule has 120 valence electrons. The van der Waals surface area contributed by atoms with Crippen LogP contribution in [0, 0.1) is 18.3 Å². The number of likely N-dealkylation sites (tertiary alicyclic amines) is 1. The second-order valence-corrected chi connectivity index (χ2v) is 7.68. The number of carboxylic acids is 1. The SMILES string of the molecule is Cc1cnc(C(C)NC(=O)N2C[C@@H]3CCC[C@@]3(C(=O)O)C2)s1. The molecule has 0 spiro atoms. The first-order chi connectivity index (χ1) is 10.4. The molecule has 1 aliphatic carbocycles. The predicted molar refractivity (Wildman–Crippen MR) is 82.8 cm³/mol. The Morgan fingerprint density at radius 1 is 1.59 bits per heavy atom. The van der Waals surface area contributed by atoms with E-state index >= 15 is 0 Å². The molecule has 22 heavy (non-hydrogen) atoms. The summed E-state index contributed by atoms with van der Waals surface area (Å²) in [5, 5.41) is 13.4. The molecule has 1 aromatic heterocycles. The maximum absolute atomic E-state index is 12.4. The number of aliphatic carboxylic acids is 1. The molecule has 2 amide bonds. The fraction of sp³-hybridized carbons (Fsp3) is 0.667. The maximum atomic E-state index is 12.4. The van der Waals surface area contributed by atoms with Gasteiger partial charge in [-0.1, -0.05) is 6.42 Å². The first kappa shape index (κ1) is 15.3. The minimum atomic E-state index is -0.756. The van der Waals surface area contributed by atoms with Gasteiger partial charge in [-0.05, 0) is 32.6 Å². The number of hydrogen-bond acceptors (Lipinski definition) is 4. The van der Waals surface area contributed by atoms with Gasteiger partial charge >= 0.3 is 12.0 Å². The van der Waals surface area contributed by atoms with E-state index in [2.05, 4.69) is 10.3 Å². The van der Waals surface area contributed by atoms with Gasteiger partial charge in [0, 0.05) is 24.2 Å². The second-order valence-electron chi connectivity index (χ2n) is 6.41. The van der Waals surface area contributed by atoms with Crippen molar-refractivity contribution in [2.24, 2.45) is 11.3 Å². The summed E-state index contributed by atoms with van der Waals surface area (Å²) in [6.07, 6.45) is 4.32. The molecule has 1 saturated heterocycles. The number of thiazole rings is 1. The quantitative estimate of drug-likeness (QED) is 0.895. The molecule has 1 saturated carbocycles. The summed E-state index contributed by atoms with van der Waals surface area (Å²) in [5.41, 5.74) is -0.724. The van der Waals surface area contributed by atoms with Gasteiger partial charge in [0.25, 0.3) is 0 Å². The Hall–Kier alpha value is -1.63. The standard InChI is InChI=1S/C15H21N3O3S/c1-9-6-16-12(22-9)10(2)17-14(21)18-7-11-4-3-5-15(11,8-18)13(19)20/h6,10-11H,3-5,7-8H2,1-2H3,(H,17,21)(H,19,20)/t10?,11-,15+/m0/s1. The van der Waals surface area contributed by atoms with Crippen LogP contribution in [0.25, 0.3) is 0 Å². The number of nitrogens with zero attached hydrogens (tertiary/aromatic N) is 2. The number of carbonyl (C=O) groups excluding carboxylic acids is 1. The minimum Gasteiger partial charge on any atom is -0.481 e. The monoisotopic (exact) mass is 323 g/mol. The van der Waals surface area contributed by atoms with Crippen LogP contribution in [-0.2, 0) is 4.79 Å². The van der Waals surface area contributed by atoms with Gasteiger partial charge in [0.2, 0.25) is 0 Å². The predicted octanol–water partition coefficient (Wildman–Crippen LogP) is 2.41. The van der Waals surface area contributed by atoms with Gasteiger partial charge in [-0.2, -0.15) is 0 Å². The molecular weight excluding hydrogens is 302 g/mol. The molecule has 7 heteroatoms. The van der Waals surface area contributed by atoms with Crippen molar-refractivity contribution in [3.05, 3.63) is 16.1 Å². The average molecular weight is 323 g/mol. The lowest BCUT2D eigenvalue weighted by Gasteiger charge is -2.24. The fourth-order valence-corrected chi connectivity index (χ4v) is 4.48. The van der Waals surface area contributed by atoms with Crippen molar-refractivity contribution in [1.82, 2.24) is 15.2 Å². The van der Waals surface area contributed by atoms with E-state index in [1.165, 1.54) is 0 Å². The van der Waals surface area contributed by atoms with Crippen molar-refractivity contribution >= 4 is 23.3 Å². The Morgan fingerprint density at radius 2 is 2.36 bits per heavy atom. The van der Waals surface area contributed by atoms with E-state index in [0.717, 1.165) is 22.7 Å². The summed E-state index contributed by atoms with van der Waals surface area (Å²) < 4.78 is 0. The van der Waals surface area contributed by atoms with Gasteiger partial charge in [-0.3, -0.25) is 4.79 Å². The highest BCUT2D eigenvalue weighted by Crippen LogP contribution is 2.48. The van der Waals surface area contributed by atoms with Crippen LogP contribution in [0.5, 0.6) is 0 Å². The minimum absolute atomic E-state index is 0.0909. The van der Waals surface area contributed by atoms with Crippen molar-refractivity contribution < 1.29 is 14.7 Å². The van der Waals surface area contributed by atoms with Crippen LogP contribution in [0.15, 0.2) is 6.20 Å². The molecule has 2 N–H and O–H groups in total. The molecule has 0 radical (unpaired) electrons. The summed E-state index contributed by atoms with van der Waals surface area (Å²) in [5.74, 6) is -0.665. The molecule has 1 aliphatic heterocycles. The number of nitrogens with one attached hydrogen (secondary N) is 1. The lowest BCUT2D eigenvalue weighted by Crippen LogP contribution is -2.42. The molecule has 3 atom stereocenters. The zero-order valence-electron chi connectivity index (χ0n) is 12.8. The Labute approximate surface area is 133 Å². The largest absolute Gasteiger partial charge is 0.481 e. The van der Waals surface area contributed by atoms with Gasteiger partial charge in [0.1, 0.15) is 5.01 Å². The normalized spacial score (nSPS) is 28.5. The van der Waals surface area contributed by atoms with Crippen LogP contribution >= 0.6 is 11.3 Å². The first-order valence-corrected chi connectivity index (χ1v) is 8.45. The van der Waals surface area contributed by atoms with Crippen LogP contribution in [-0.4, -0.2) is 40.1 Å². The van der Waals surface area contributed by atoms with E-state index in [-0.39, 0.29) is 18.0 Å². The topological polar surface area (TPSA) is 82.5 Å². The van der Waals surface area contributed by atoms with Gasteiger partial charge < -0.3 is 15.3 Å². The summed E-state index contributed by atoms with van der Waals surface area (Å²) in [4.78, 5) is 31.1. The number of aromatic nitrogens is 1. The van der Waals surface area contributed by atoms with Crippen LogP contribution in [0.3, 0.4) is 0 Å². The number of fused-ring (bicyclic) bond motifs is 1. The van der Waals surface area contributed by atoms with E-state index < -0.39 is 11.4 Å². The van der Waals surface area contributed by atoms with Crippen molar-refractivity contribution in [2.45, 2.75) is 39.2 Å². The van der Waals surface area contributed by atoms with Gasteiger partial charge in [0.15, 0.2) is 0 Å². The third kappa shape index (κ3) is 2.47. The molecular formula is C15H21N3O3S. The number of amides is 2. The number of hydrogen-bond donors (Lipinski definition) is 2. The molecule has 1 unspecified atom stereocenters. The Kier molecular flexibility index (Phi) is 3.84. The molecule has 2 heterocycles. The number of rotatable bonds is 3. The Bertz CT molecular complexity index is 603. The van der Waals surface area contributed by atoms with E-state index in [1.807, 2.05) is 13.8 Å². The zero-order chi connectivity index (χ0) is 15.9. The highest BCUT2D eigenvalue weighted by Gasteiger charge is 2.55. The lowest BCUT2D eigenvalue weighted by molar-refractivity contribution is -0.149. The first-order valence-electron chi connectivity index (χ1n) is 7.63. The van der Waals surface area contributed by atoms with Gasteiger partial charge in [0.05, 0.1) is 11.5 Å². The van der Waals surface area contributed by atoms with Gasteiger partial charge in [-0.15, -0.1) is 11.3 Å². The second kappa shape index (κ2) is 5.53. The van der Waals surface area contributed by atoms with E-state index in [0.29, 0.717) is 19.5 Å². The van der Waals surface area contributed by atoms with Gasteiger partial charge in [-0.25, -0.2) is 9.78 Å². The molecule has 6 nitrogen and oxygen atoms in total. The Morgan fingerprint density at radius 3 is 2.95 bits per heavy atom.